The van der Waals surface area contributed by atoms with Crippen molar-refractivity contribution >= 4 is 22.5 Å². The summed E-state index contributed by atoms with van der Waals surface area (Å²) < 4.78 is 0. The standard InChI is InChI=1S/C17H21ClN2/c1-2-9-19-11-15-13-5-3-4-6-16(13)20-17-8-7-12(18)10-14(15)17/h7-8,10,19H,2-6,9,11H2,1H3. The van der Waals surface area contributed by atoms with Gasteiger partial charge in [0.2, 0.25) is 0 Å². The average molecular weight is 289 g/mol. The van der Waals surface area contributed by atoms with E-state index < -0.39 is 0 Å². The number of hydrogen-bond acceptors (Lipinski definition) is 2. The van der Waals surface area contributed by atoms with Crippen LogP contribution in [-0.4, -0.2) is 11.5 Å². The Balaban J connectivity index is 2.12. The molecule has 1 N–H and O–H groups in total. The zero-order valence-corrected chi connectivity index (χ0v) is 12.8. The monoisotopic (exact) mass is 288 g/mol. The van der Waals surface area contributed by atoms with Crippen molar-refractivity contribution in [1.29, 1.82) is 0 Å². The highest BCUT2D eigenvalue weighted by Gasteiger charge is 2.17. The molecule has 0 unspecified atom stereocenters. The molecule has 20 heavy (non-hydrogen) atoms. The smallest absolute Gasteiger partial charge is 0.0709 e. The van der Waals surface area contributed by atoms with E-state index in [4.69, 9.17) is 16.6 Å². The Morgan fingerprint density at radius 1 is 1.25 bits per heavy atom. The van der Waals surface area contributed by atoms with Gasteiger partial charge in [-0.2, -0.15) is 0 Å². The molecule has 2 nitrogen and oxygen atoms in total. The maximum absolute atomic E-state index is 6.19. The van der Waals surface area contributed by atoms with E-state index >= 15 is 0 Å². The maximum atomic E-state index is 6.19. The highest BCUT2D eigenvalue weighted by atomic mass is 35.5. The minimum absolute atomic E-state index is 0.798. The summed E-state index contributed by atoms with van der Waals surface area (Å²) in [6, 6.07) is 6.06. The topological polar surface area (TPSA) is 24.9 Å². The predicted molar refractivity (Wildman–Crippen MR) is 85.4 cm³/mol. The summed E-state index contributed by atoms with van der Waals surface area (Å²) in [7, 11) is 0. The zero-order valence-electron chi connectivity index (χ0n) is 12.0. The fraction of sp³-hybridized carbons (Fsp3) is 0.471. The van der Waals surface area contributed by atoms with Crippen LogP contribution in [-0.2, 0) is 19.4 Å². The van der Waals surface area contributed by atoms with E-state index in [-0.39, 0.29) is 0 Å². The Bertz CT molecular complexity index is 622. The highest BCUT2D eigenvalue weighted by molar-refractivity contribution is 6.31. The Hall–Kier alpha value is -1.12. The molecule has 0 saturated heterocycles. The van der Waals surface area contributed by atoms with Crippen molar-refractivity contribution in [2.45, 2.75) is 45.6 Å². The number of pyridine rings is 1. The van der Waals surface area contributed by atoms with Crippen LogP contribution >= 0.6 is 11.6 Å². The number of benzene rings is 1. The number of rotatable bonds is 4. The van der Waals surface area contributed by atoms with Crippen LogP contribution in [0.1, 0.15) is 43.0 Å². The molecule has 3 heteroatoms. The lowest BCUT2D eigenvalue weighted by atomic mass is 9.90. The molecule has 0 spiro atoms. The summed E-state index contributed by atoms with van der Waals surface area (Å²) >= 11 is 6.19. The van der Waals surface area contributed by atoms with E-state index in [1.807, 2.05) is 6.07 Å². The molecule has 0 amide bonds. The summed E-state index contributed by atoms with van der Waals surface area (Å²) in [4.78, 5) is 4.86. The number of aromatic nitrogens is 1. The first-order valence-electron chi connectivity index (χ1n) is 7.60. The Kier molecular flexibility index (Phi) is 4.23. The van der Waals surface area contributed by atoms with Crippen molar-refractivity contribution in [3.05, 3.63) is 40.0 Å². The first kappa shape index (κ1) is 13.8. The van der Waals surface area contributed by atoms with Crippen molar-refractivity contribution in [3.63, 3.8) is 0 Å². The summed E-state index contributed by atoms with van der Waals surface area (Å²) in [5.41, 5.74) is 5.28. The van der Waals surface area contributed by atoms with E-state index in [0.717, 1.165) is 42.9 Å². The fourth-order valence-corrected chi connectivity index (χ4v) is 3.26. The van der Waals surface area contributed by atoms with Crippen molar-refractivity contribution in [2.75, 3.05) is 6.54 Å². The number of nitrogens with zero attached hydrogens (tertiary/aromatic N) is 1. The molecule has 0 aliphatic heterocycles. The Morgan fingerprint density at radius 3 is 2.95 bits per heavy atom. The average Bonchev–Trinajstić information content (AvgIpc) is 2.47. The van der Waals surface area contributed by atoms with Gasteiger partial charge < -0.3 is 5.32 Å². The lowest BCUT2D eigenvalue weighted by Gasteiger charge is -2.21. The van der Waals surface area contributed by atoms with E-state index in [0.29, 0.717) is 0 Å². The summed E-state index contributed by atoms with van der Waals surface area (Å²) in [6.45, 7) is 4.18. The second-order valence-electron chi connectivity index (χ2n) is 5.56. The van der Waals surface area contributed by atoms with Crippen LogP contribution in [0.3, 0.4) is 0 Å². The van der Waals surface area contributed by atoms with Crippen molar-refractivity contribution < 1.29 is 0 Å². The Labute approximate surface area is 125 Å². The van der Waals surface area contributed by atoms with Gasteiger partial charge in [0.05, 0.1) is 5.52 Å². The highest BCUT2D eigenvalue weighted by Crippen LogP contribution is 2.30. The van der Waals surface area contributed by atoms with Crippen LogP contribution in [0.2, 0.25) is 5.02 Å². The van der Waals surface area contributed by atoms with Crippen molar-refractivity contribution in [3.8, 4) is 0 Å². The van der Waals surface area contributed by atoms with E-state index in [1.165, 1.54) is 35.0 Å². The van der Waals surface area contributed by atoms with Gasteiger partial charge >= 0.3 is 0 Å². The molecular weight excluding hydrogens is 268 g/mol. The maximum Gasteiger partial charge on any atom is 0.0709 e. The van der Waals surface area contributed by atoms with Gasteiger partial charge in [-0.1, -0.05) is 18.5 Å². The molecule has 1 aliphatic carbocycles. The number of halogens is 1. The van der Waals surface area contributed by atoms with Crippen LogP contribution < -0.4 is 5.32 Å². The number of nitrogens with one attached hydrogen (secondary N) is 1. The minimum atomic E-state index is 0.798. The first-order valence-corrected chi connectivity index (χ1v) is 7.98. The summed E-state index contributed by atoms with van der Waals surface area (Å²) in [5.74, 6) is 0. The van der Waals surface area contributed by atoms with Gasteiger partial charge in [0.1, 0.15) is 0 Å². The van der Waals surface area contributed by atoms with Gasteiger partial charge in [-0.05, 0) is 68.0 Å². The SMILES string of the molecule is CCCNCc1c2c(nc3ccc(Cl)cc13)CCCC2. The van der Waals surface area contributed by atoms with Crippen LogP contribution in [0.4, 0.5) is 0 Å². The first-order chi connectivity index (χ1) is 9.79. The van der Waals surface area contributed by atoms with E-state index in [2.05, 4.69) is 24.4 Å². The van der Waals surface area contributed by atoms with Crippen LogP contribution in [0.25, 0.3) is 10.9 Å². The normalized spacial score (nSPS) is 14.5. The van der Waals surface area contributed by atoms with Gasteiger partial charge in [-0.3, -0.25) is 4.98 Å². The van der Waals surface area contributed by atoms with Gasteiger partial charge in [-0.15, -0.1) is 0 Å². The lowest BCUT2D eigenvalue weighted by Crippen LogP contribution is -2.18. The molecule has 1 aromatic heterocycles. The molecule has 1 aliphatic rings. The molecule has 2 aromatic rings. The molecule has 0 fully saturated rings. The second-order valence-corrected chi connectivity index (χ2v) is 6.00. The largest absolute Gasteiger partial charge is 0.313 e. The van der Waals surface area contributed by atoms with E-state index in [1.54, 1.807) is 0 Å². The zero-order chi connectivity index (χ0) is 13.9. The fourth-order valence-electron chi connectivity index (χ4n) is 3.09. The molecule has 0 saturated carbocycles. The van der Waals surface area contributed by atoms with Crippen molar-refractivity contribution in [1.82, 2.24) is 10.3 Å². The molecule has 1 heterocycles. The molecule has 0 atom stereocenters. The predicted octanol–water partition coefficient (Wildman–Crippen LogP) is 4.27. The van der Waals surface area contributed by atoms with Crippen LogP contribution in [0.15, 0.2) is 18.2 Å². The Morgan fingerprint density at radius 2 is 2.10 bits per heavy atom. The third-order valence-corrected chi connectivity index (χ3v) is 4.31. The summed E-state index contributed by atoms with van der Waals surface area (Å²) in [5, 5.41) is 5.56. The van der Waals surface area contributed by atoms with Gasteiger partial charge in [-0.25, -0.2) is 0 Å². The van der Waals surface area contributed by atoms with Gasteiger partial charge in [0.25, 0.3) is 0 Å². The minimum Gasteiger partial charge on any atom is -0.313 e. The molecule has 3 rings (SSSR count). The molecule has 0 radical (unpaired) electrons. The summed E-state index contributed by atoms with van der Waals surface area (Å²) in [6.07, 6.45) is 5.98. The lowest BCUT2D eigenvalue weighted by molar-refractivity contribution is 0.640. The second kappa shape index (κ2) is 6.11. The van der Waals surface area contributed by atoms with Crippen LogP contribution in [0.5, 0.6) is 0 Å². The van der Waals surface area contributed by atoms with Gasteiger partial charge in [0, 0.05) is 22.6 Å². The van der Waals surface area contributed by atoms with Crippen molar-refractivity contribution in [2.24, 2.45) is 0 Å². The third-order valence-electron chi connectivity index (χ3n) is 4.07. The number of aryl methyl sites for hydroxylation is 1. The van der Waals surface area contributed by atoms with E-state index in [9.17, 15) is 0 Å². The number of fused-ring (bicyclic) bond motifs is 2. The third kappa shape index (κ3) is 2.68. The molecule has 1 aromatic carbocycles. The number of hydrogen-bond donors (Lipinski definition) is 1. The quantitative estimate of drug-likeness (QED) is 0.850. The van der Waals surface area contributed by atoms with Gasteiger partial charge in [0.15, 0.2) is 0 Å². The molecule has 106 valence electrons. The van der Waals surface area contributed by atoms with Crippen LogP contribution in [0, 0.1) is 0 Å². The molecular formula is C17H21ClN2. The molecule has 0 bridgehead atoms.